The molecule has 74 valence electrons. The Labute approximate surface area is 79.9 Å². The van der Waals surface area contributed by atoms with E-state index in [0.29, 0.717) is 5.58 Å². The molecule has 3 N–H and O–H groups in total. The van der Waals surface area contributed by atoms with E-state index in [1.807, 2.05) is 0 Å². The lowest BCUT2D eigenvalue weighted by Crippen LogP contribution is -2.13. The quantitative estimate of drug-likeness (QED) is 0.764. The van der Waals surface area contributed by atoms with Crippen molar-refractivity contribution in [2.75, 3.05) is 6.54 Å². The van der Waals surface area contributed by atoms with Gasteiger partial charge in [0.25, 0.3) is 0 Å². The molecule has 14 heavy (non-hydrogen) atoms. The van der Waals surface area contributed by atoms with Crippen LogP contribution in [0.15, 0.2) is 28.9 Å². The molecule has 0 saturated carbocycles. The van der Waals surface area contributed by atoms with Crippen LogP contribution in [-0.4, -0.2) is 11.7 Å². The zero-order valence-electron chi connectivity index (χ0n) is 7.40. The molecule has 0 fully saturated rings. The van der Waals surface area contributed by atoms with Gasteiger partial charge in [0.2, 0.25) is 0 Å². The molecule has 0 bridgehead atoms. The number of rotatable bonds is 2. The second-order valence-corrected chi connectivity index (χ2v) is 3.05. The maximum Gasteiger partial charge on any atom is 0.142 e. The molecule has 4 heteroatoms. The third-order valence-corrected chi connectivity index (χ3v) is 2.16. The van der Waals surface area contributed by atoms with Crippen LogP contribution in [0.2, 0.25) is 0 Å². The van der Waals surface area contributed by atoms with Crippen molar-refractivity contribution >= 4 is 11.0 Å². The Hall–Kier alpha value is -1.39. The first-order valence-corrected chi connectivity index (χ1v) is 4.27. The summed E-state index contributed by atoms with van der Waals surface area (Å²) in [5.41, 5.74) is 5.77. The van der Waals surface area contributed by atoms with Crippen molar-refractivity contribution in [3.05, 3.63) is 35.8 Å². The smallest absolute Gasteiger partial charge is 0.142 e. The minimum atomic E-state index is -1.02. The highest BCUT2D eigenvalue weighted by Gasteiger charge is 2.17. The van der Waals surface area contributed by atoms with E-state index in [1.54, 1.807) is 12.1 Å². The zero-order chi connectivity index (χ0) is 10.1. The van der Waals surface area contributed by atoms with E-state index in [9.17, 15) is 9.50 Å². The number of halogens is 1. The molecular formula is C10H10FNO2. The second-order valence-electron chi connectivity index (χ2n) is 3.05. The van der Waals surface area contributed by atoms with Crippen molar-refractivity contribution in [3.8, 4) is 0 Å². The molecule has 0 amide bonds. The Bertz CT molecular complexity index is 452. The highest BCUT2D eigenvalue weighted by molar-refractivity contribution is 5.80. The molecular weight excluding hydrogens is 185 g/mol. The van der Waals surface area contributed by atoms with Gasteiger partial charge in [0, 0.05) is 11.9 Å². The predicted octanol–water partition coefficient (Wildman–Crippen LogP) is 1.56. The van der Waals surface area contributed by atoms with Gasteiger partial charge in [0.1, 0.15) is 11.4 Å². The number of hydrogen-bond acceptors (Lipinski definition) is 3. The Balaban J connectivity index is 2.70. The third-order valence-electron chi connectivity index (χ3n) is 2.16. The molecule has 0 aliphatic rings. The molecule has 1 aromatic carbocycles. The first-order valence-electron chi connectivity index (χ1n) is 4.27. The van der Waals surface area contributed by atoms with E-state index in [-0.39, 0.29) is 12.1 Å². The number of fused-ring (bicyclic) bond motifs is 1. The lowest BCUT2D eigenvalue weighted by molar-refractivity contribution is 0.182. The van der Waals surface area contributed by atoms with Gasteiger partial charge in [-0.25, -0.2) is 4.39 Å². The first kappa shape index (κ1) is 9.18. The average molecular weight is 195 g/mol. The molecule has 0 aliphatic carbocycles. The Morgan fingerprint density at radius 2 is 2.21 bits per heavy atom. The molecule has 3 nitrogen and oxygen atoms in total. The molecule has 0 spiro atoms. The average Bonchev–Trinajstić information content (AvgIpc) is 2.64. The van der Waals surface area contributed by atoms with E-state index in [1.165, 1.54) is 12.3 Å². The van der Waals surface area contributed by atoms with Crippen LogP contribution < -0.4 is 5.73 Å². The van der Waals surface area contributed by atoms with Gasteiger partial charge in [-0.2, -0.15) is 0 Å². The number of aliphatic hydroxyl groups excluding tert-OH is 1. The van der Waals surface area contributed by atoms with Crippen molar-refractivity contribution in [2.24, 2.45) is 5.73 Å². The van der Waals surface area contributed by atoms with Crippen LogP contribution in [0.1, 0.15) is 11.7 Å². The number of nitrogens with two attached hydrogens (primary N) is 1. The number of benzene rings is 1. The zero-order valence-corrected chi connectivity index (χ0v) is 7.40. The standard InChI is InChI=1S/C10H10FNO2/c11-7-2-1-6-3-4-14-10(6)9(7)8(13)5-12/h1-4,8,13H,5,12H2. The molecule has 0 aliphatic heterocycles. The SMILES string of the molecule is NCC(O)c1c(F)ccc2ccoc12. The Morgan fingerprint density at radius 3 is 2.93 bits per heavy atom. The van der Waals surface area contributed by atoms with Crippen molar-refractivity contribution in [3.63, 3.8) is 0 Å². The molecule has 0 saturated heterocycles. The maximum absolute atomic E-state index is 13.4. The summed E-state index contributed by atoms with van der Waals surface area (Å²) in [5, 5.41) is 10.3. The molecule has 2 rings (SSSR count). The van der Waals surface area contributed by atoms with Gasteiger partial charge in [-0.05, 0) is 18.2 Å². The van der Waals surface area contributed by atoms with Crippen molar-refractivity contribution < 1.29 is 13.9 Å². The lowest BCUT2D eigenvalue weighted by Gasteiger charge is -2.09. The van der Waals surface area contributed by atoms with Gasteiger partial charge in [0.05, 0.1) is 17.9 Å². The normalized spacial score (nSPS) is 13.4. The number of furan rings is 1. The predicted molar refractivity (Wildman–Crippen MR) is 50.2 cm³/mol. The van der Waals surface area contributed by atoms with Crippen LogP contribution in [0.5, 0.6) is 0 Å². The topological polar surface area (TPSA) is 59.4 Å². The van der Waals surface area contributed by atoms with Crippen LogP contribution in [0.3, 0.4) is 0 Å². The van der Waals surface area contributed by atoms with Gasteiger partial charge in [-0.3, -0.25) is 0 Å². The summed E-state index contributed by atoms with van der Waals surface area (Å²) < 4.78 is 18.5. The van der Waals surface area contributed by atoms with Gasteiger partial charge in [0.15, 0.2) is 0 Å². The van der Waals surface area contributed by atoms with E-state index in [4.69, 9.17) is 10.2 Å². The van der Waals surface area contributed by atoms with Gasteiger partial charge >= 0.3 is 0 Å². The summed E-state index contributed by atoms with van der Waals surface area (Å²) in [7, 11) is 0. The fraction of sp³-hybridized carbons (Fsp3) is 0.200. The Morgan fingerprint density at radius 1 is 1.43 bits per heavy atom. The summed E-state index contributed by atoms with van der Waals surface area (Å²) in [6, 6.07) is 4.61. The second kappa shape index (κ2) is 3.40. The summed E-state index contributed by atoms with van der Waals surface area (Å²) >= 11 is 0. The van der Waals surface area contributed by atoms with Crippen LogP contribution in [0.4, 0.5) is 4.39 Å². The minimum Gasteiger partial charge on any atom is -0.464 e. The molecule has 0 radical (unpaired) electrons. The van der Waals surface area contributed by atoms with Crippen molar-refractivity contribution in [2.45, 2.75) is 6.10 Å². The highest BCUT2D eigenvalue weighted by Crippen LogP contribution is 2.27. The molecule has 1 heterocycles. The van der Waals surface area contributed by atoms with Crippen LogP contribution >= 0.6 is 0 Å². The van der Waals surface area contributed by atoms with E-state index in [2.05, 4.69) is 0 Å². The fourth-order valence-corrected chi connectivity index (χ4v) is 1.46. The van der Waals surface area contributed by atoms with Gasteiger partial charge in [-0.15, -0.1) is 0 Å². The summed E-state index contributed by atoms with van der Waals surface area (Å²) in [6.07, 6.45) is 0.432. The van der Waals surface area contributed by atoms with E-state index >= 15 is 0 Å². The largest absolute Gasteiger partial charge is 0.464 e. The molecule has 1 unspecified atom stereocenters. The van der Waals surface area contributed by atoms with Crippen LogP contribution in [-0.2, 0) is 0 Å². The summed E-state index contributed by atoms with van der Waals surface area (Å²) in [4.78, 5) is 0. The third kappa shape index (κ3) is 1.29. The number of aliphatic hydroxyl groups is 1. The fourth-order valence-electron chi connectivity index (χ4n) is 1.46. The highest BCUT2D eigenvalue weighted by atomic mass is 19.1. The van der Waals surface area contributed by atoms with E-state index < -0.39 is 11.9 Å². The van der Waals surface area contributed by atoms with Crippen molar-refractivity contribution in [1.82, 2.24) is 0 Å². The minimum absolute atomic E-state index is 0.0310. The summed E-state index contributed by atoms with van der Waals surface area (Å²) in [6.45, 7) is -0.0310. The Kier molecular flexibility index (Phi) is 2.23. The molecule has 1 atom stereocenters. The number of hydrogen-bond donors (Lipinski definition) is 2. The lowest BCUT2D eigenvalue weighted by atomic mass is 10.1. The summed E-state index contributed by atoms with van der Waals surface area (Å²) in [5.74, 6) is -0.495. The monoisotopic (exact) mass is 195 g/mol. The van der Waals surface area contributed by atoms with Crippen molar-refractivity contribution in [1.29, 1.82) is 0 Å². The molecule has 1 aromatic heterocycles. The molecule has 2 aromatic rings. The first-order chi connectivity index (χ1) is 6.74. The van der Waals surface area contributed by atoms with Crippen LogP contribution in [0, 0.1) is 5.82 Å². The van der Waals surface area contributed by atoms with Gasteiger partial charge in [-0.1, -0.05) is 0 Å². The maximum atomic E-state index is 13.4. The van der Waals surface area contributed by atoms with Crippen LogP contribution in [0.25, 0.3) is 11.0 Å². The van der Waals surface area contributed by atoms with Gasteiger partial charge < -0.3 is 15.3 Å². The van der Waals surface area contributed by atoms with E-state index in [0.717, 1.165) is 5.39 Å².